The number of aliphatic hydroxyl groups is 1. The molecule has 3 nitrogen and oxygen atoms in total. The number of benzene rings is 1. The first kappa shape index (κ1) is 14.2. The minimum Gasteiger partial charge on any atom is -0.485 e. The minimum absolute atomic E-state index is 0.182. The van der Waals surface area contributed by atoms with E-state index in [-0.39, 0.29) is 17.3 Å². The van der Waals surface area contributed by atoms with E-state index in [0.717, 1.165) is 17.5 Å². The van der Waals surface area contributed by atoms with E-state index >= 15 is 0 Å². The number of thiazole rings is 1. The number of ether oxygens (including phenoxy) is 1. The SMILES string of the molecule is CC1(C)CC[C@H](Oc2cc3sc(Br)nc3cc2F)[C@@H]1O. The van der Waals surface area contributed by atoms with Crippen molar-refractivity contribution in [1.82, 2.24) is 4.98 Å². The average Bonchev–Trinajstić information content (AvgIpc) is 2.83. The van der Waals surface area contributed by atoms with Crippen LogP contribution in [0.3, 0.4) is 0 Å². The summed E-state index contributed by atoms with van der Waals surface area (Å²) >= 11 is 4.72. The van der Waals surface area contributed by atoms with Crippen LogP contribution in [-0.2, 0) is 0 Å². The molecule has 0 amide bonds. The van der Waals surface area contributed by atoms with Gasteiger partial charge in [-0.3, -0.25) is 0 Å². The van der Waals surface area contributed by atoms with Crippen molar-refractivity contribution in [3.05, 3.63) is 21.9 Å². The normalized spacial score (nSPS) is 25.2. The van der Waals surface area contributed by atoms with Gasteiger partial charge < -0.3 is 9.84 Å². The fourth-order valence-electron chi connectivity index (χ4n) is 2.60. The van der Waals surface area contributed by atoms with Crippen LogP contribution < -0.4 is 4.74 Å². The summed E-state index contributed by atoms with van der Waals surface area (Å²) in [6.07, 6.45) is 0.673. The number of aliphatic hydroxyl groups excluding tert-OH is 1. The number of rotatable bonds is 2. The third-order valence-electron chi connectivity index (χ3n) is 3.92. The van der Waals surface area contributed by atoms with Gasteiger partial charge in [0.25, 0.3) is 0 Å². The van der Waals surface area contributed by atoms with Gasteiger partial charge >= 0.3 is 0 Å². The number of aromatic nitrogens is 1. The Bertz CT molecular complexity index is 658. The molecule has 108 valence electrons. The molecule has 2 atom stereocenters. The maximum atomic E-state index is 14.0. The molecular weight excluding hydrogens is 345 g/mol. The van der Waals surface area contributed by atoms with Gasteiger partial charge in [0, 0.05) is 12.1 Å². The molecule has 0 unspecified atom stereocenters. The molecule has 1 aromatic carbocycles. The van der Waals surface area contributed by atoms with E-state index in [1.807, 2.05) is 13.8 Å². The van der Waals surface area contributed by atoms with Crippen LogP contribution in [0.4, 0.5) is 4.39 Å². The Morgan fingerprint density at radius 3 is 2.90 bits per heavy atom. The third-order valence-corrected chi connectivity index (χ3v) is 5.39. The van der Waals surface area contributed by atoms with Gasteiger partial charge in [-0.2, -0.15) is 0 Å². The lowest BCUT2D eigenvalue weighted by atomic mass is 9.89. The van der Waals surface area contributed by atoms with E-state index in [0.29, 0.717) is 9.43 Å². The van der Waals surface area contributed by atoms with Crippen LogP contribution in [0, 0.1) is 11.2 Å². The van der Waals surface area contributed by atoms with Gasteiger partial charge in [0.15, 0.2) is 15.5 Å². The van der Waals surface area contributed by atoms with Crippen molar-refractivity contribution in [2.24, 2.45) is 5.41 Å². The van der Waals surface area contributed by atoms with Crippen LogP contribution in [0.2, 0.25) is 0 Å². The molecule has 1 fully saturated rings. The summed E-state index contributed by atoms with van der Waals surface area (Å²) in [5.41, 5.74) is 0.428. The molecule has 1 N–H and O–H groups in total. The number of halogens is 2. The fourth-order valence-corrected chi connectivity index (χ4v) is 4.02. The zero-order chi connectivity index (χ0) is 14.5. The van der Waals surface area contributed by atoms with Gasteiger partial charge in [0.1, 0.15) is 6.10 Å². The Morgan fingerprint density at radius 2 is 2.25 bits per heavy atom. The summed E-state index contributed by atoms with van der Waals surface area (Å²) in [6.45, 7) is 4.00. The molecule has 0 aliphatic heterocycles. The van der Waals surface area contributed by atoms with Crippen LogP contribution in [0.5, 0.6) is 5.75 Å². The van der Waals surface area contributed by atoms with Crippen LogP contribution in [0.15, 0.2) is 16.0 Å². The van der Waals surface area contributed by atoms with Gasteiger partial charge in [-0.05, 0) is 34.2 Å². The topological polar surface area (TPSA) is 42.4 Å². The Kier molecular flexibility index (Phi) is 3.51. The minimum atomic E-state index is -0.578. The van der Waals surface area contributed by atoms with Crippen molar-refractivity contribution in [3.8, 4) is 5.75 Å². The summed E-state index contributed by atoms with van der Waals surface area (Å²) in [4.78, 5) is 4.18. The largest absolute Gasteiger partial charge is 0.485 e. The van der Waals surface area contributed by atoms with E-state index < -0.39 is 11.9 Å². The van der Waals surface area contributed by atoms with Gasteiger partial charge in [0.2, 0.25) is 0 Å². The van der Waals surface area contributed by atoms with Gasteiger partial charge in [-0.15, -0.1) is 11.3 Å². The molecule has 0 bridgehead atoms. The van der Waals surface area contributed by atoms with Crippen LogP contribution in [0.1, 0.15) is 26.7 Å². The Labute approximate surface area is 128 Å². The molecule has 1 aromatic heterocycles. The molecule has 1 aliphatic rings. The van der Waals surface area contributed by atoms with Crippen molar-refractivity contribution in [1.29, 1.82) is 0 Å². The highest BCUT2D eigenvalue weighted by molar-refractivity contribution is 9.11. The van der Waals surface area contributed by atoms with E-state index in [2.05, 4.69) is 20.9 Å². The maximum absolute atomic E-state index is 14.0. The summed E-state index contributed by atoms with van der Waals surface area (Å²) in [5, 5.41) is 10.2. The van der Waals surface area contributed by atoms with E-state index in [1.54, 1.807) is 6.07 Å². The lowest BCUT2D eigenvalue weighted by Crippen LogP contribution is -2.34. The maximum Gasteiger partial charge on any atom is 0.167 e. The molecule has 1 aliphatic carbocycles. The summed E-state index contributed by atoms with van der Waals surface area (Å²) in [6, 6.07) is 3.03. The lowest BCUT2D eigenvalue weighted by Gasteiger charge is -2.25. The molecule has 1 heterocycles. The van der Waals surface area contributed by atoms with Crippen molar-refractivity contribution >= 4 is 37.5 Å². The van der Waals surface area contributed by atoms with Crippen LogP contribution in [-0.4, -0.2) is 22.3 Å². The number of hydrogen-bond donors (Lipinski definition) is 1. The summed E-state index contributed by atoms with van der Waals surface area (Å²) < 4.78 is 21.3. The lowest BCUT2D eigenvalue weighted by molar-refractivity contribution is 0.00359. The Balaban J connectivity index is 1.89. The standard InChI is InChI=1S/C14H15BrFNO2S/c1-14(2)4-3-9(12(14)18)19-10-6-11-8(5-7(10)16)17-13(15)20-11/h5-6,9,12,18H,3-4H2,1-2H3/t9-,12-/m0/s1. The smallest absolute Gasteiger partial charge is 0.167 e. The Hall–Kier alpha value is -0.720. The molecule has 0 spiro atoms. The van der Waals surface area contributed by atoms with Crippen LogP contribution in [0.25, 0.3) is 10.2 Å². The van der Waals surface area contributed by atoms with Gasteiger partial charge in [-0.1, -0.05) is 13.8 Å². The van der Waals surface area contributed by atoms with Crippen molar-refractivity contribution in [3.63, 3.8) is 0 Å². The number of fused-ring (bicyclic) bond motifs is 1. The highest BCUT2D eigenvalue weighted by atomic mass is 79.9. The quantitative estimate of drug-likeness (QED) is 0.876. The second kappa shape index (κ2) is 4.93. The monoisotopic (exact) mass is 359 g/mol. The first-order valence-electron chi connectivity index (χ1n) is 6.47. The zero-order valence-corrected chi connectivity index (χ0v) is 13.6. The Morgan fingerprint density at radius 1 is 1.50 bits per heavy atom. The molecular formula is C14H15BrFNO2S. The number of hydrogen-bond acceptors (Lipinski definition) is 4. The molecule has 1 saturated carbocycles. The highest BCUT2D eigenvalue weighted by Gasteiger charge is 2.42. The van der Waals surface area contributed by atoms with Gasteiger partial charge in [-0.25, -0.2) is 9.37 Å². The number of nitrogens with zero attached hydrogens (tertiary/aromatic N) is 1. The first-order valence-corrected chi connectivity index (χ1v) is 8.08. The fraction of sp³-hybridized carbons (Fsp3) is 0.500. The summed E-state index contributed by atoms with van der Waals surface area (Å²) in [5.74, 6) is -0.248. The molecule has 3 rings (SSSR count). The first-order chi connectivity index (χ1) is 9.37. The zero-order valence-electron chi connectivity index (χ0n) is 11.2. The highest BCUT2D eigenvalue weighted by Crippen LogP contribution is 2.40. The predicted octanol–water partition coefficient (Wildman–Crippen LogP) is 4.13. The second-order valence-corrected chi connectivity index (χ2v) is 8.15. The summed E-state index contributed by atoms with van der Waals surface area (Å²) in [7, 11) is 0. The van der Waals surface area contributed by atoms with Crippen molar-refractivity contribution < 1.29 is 14.2 Å². The molecule has 0 saturated heterocycles. The predicted molar refractivity (Wildman–Crippen MR) is 80.7 cm³/mol. The van der Waals surface area contributed by atoms with E-state index in [9.17, 15) is 9.50 Å². The van der Waals surface area contributed by atoms with E-state index in [4.69, 9.17) is 4.74 Å². The second-order valence-electron chi connectivity index (χ2n) is 5.85. The van der Waals surface area contributed by atoms with E-state index in [1.165, 1.54) is 17.4 Å². The average molecular weight is 360 g/mol. The third kappa shape index (κ3) is 2.44. The van der Waals surface area contributed by atoms with Gasteiger partial charge in [0.05, 0.1) is 16.3 Å². The molecule has 0 radical (unpaired) electrons. The molecule has 6 heteroatoms. The molecule has 20 heavy (non-hydrogen) atoms. The van der Waals surface area contributed by atoms with Crippen LogP contribution >= 0.6 is 27.3 Å². The molecule has 2 aromatic rings. The van der Waals surface area contributed by atoms with Crippen molar-refractivity contribution in [2.45, 2.75) is 38.9 Å². The van der Waals surface area contributed by atoms with Crippen molar-refractivity contribution in [2.75, 3.05) is 0 Å².